The molecule has 4 heterocycles. The third kappa shape index (κ3) is 10.4. The van der Waals surface area contributed by atoms with E-state index in [-0.39, 0.29) is 23.9 Å². The van der Waals surface area contributed by atoms with Gasteiger partial charge in [0.05, 0.1) is 35.6 Å². The number of benzene rings is 2. The molecule has 59 heavy (non-hydrogen) atoms. The van der Waals surface area contributed by atoms with Gasteiger partial charge in [-0.05, 0) is 134 Å². The van der Waals surface area contributed by atoms with E-state index in [0.29, 0.717) is 37.7 Å². The maximum atomic E-state index is 12.6. The number of fused-ring (bicyclic) bond motifs is 4. The van der Waals surface area contributed by atoms with Crippen molar-refractivity contribution in [1.29, 1.82) is 0 Å². The van der Waals surface area contributed by atoms with Gasteiger partial charge < -0.3 is 21.3 Å². The van der Waals surface area contributed by atoms with Crippen molar-refractivity contribution in [2.24, 2.45) is 11.5 Å². The quantitative estimate of drug-likeness (QED) is 0.176. The largest absolute Gasteiger partial charge is 0.339 e. The number of hydrogen-bond donors (Lipinski definition) is 3. The Labute approximate surface area is 383 Å². The van der Waals surface area contributed by atoms with E-state index >= 15 is 0 Å². The van der Waals surface area contributed by atoms with Crippen molar-refractivity contribution in [2.45, 2.75) is 49.9 Å². The van der Waals surface area contributed by atoms with Crippen LogP contribution >= 0.6 is 79.5 Å². The Morgan fingerprint density at radius 3 is 1.51 bits per heavy atom. The minimum Gasteiger partial charge on any atom is -0.339 e. The summed E-state index contributed by atoms with van der Waals surface area (Å²) >= 11 is 25.5. The van der Waals surface area contributed by atoms with Gasteiger partial charge in [-0.25, -0.2) is 0 Å². The molecule has 2 unspecified atom stereocenters. The summed E-state index contributed by atoms with van der Waals surface area (Å²) in [6.07, 6.45) is 9.48. The number of carbonyl (C=O) groups is 2. The second-order valence-corrected chi connectivity index (χ2v) is 19.4. The molecule has 2 aliphatic carbocycles. The van der Waals surface area contributed by atoms with Gasteiger partial charge in [0.1, 0.15) is 0 Å². The Morgan fingerprint density at radius 1 is 0.695 bits per heavy atom. The second-order valence-electron chi connectivity index (χ2n) is 15.5. The minimum absolute atomic E-state index is 0.0184. The molecule has 4 aliphatic rings. The van der Waals surface area contributed by atoms with Crippen LogP contribution in [0.15, 0.2) is 69.9 Å². The first-order valence-corrected chi connectivity index (χ1v) is 24.3. The number of thiol groups is 1. The van der Waals surface area contributed by atoms with Gasteiger partial charge in [-0.2, -0.15) is 24.4 Å². The van der Waals surface area contributed by atoms with Crippen molar-refractivity contribution < 1.29 is 9.59 Å². The van der Waals surface area contributed by atoms with Gasteiger partial charge in [0.25, 0.3) is 0 Å². The Hall–Kier alpha value is -2.24. The molecule has 2 amide bonds. The summed E-state index contributed by atoms with van der Waals surface area (Å²) in [5.41, 5.74) is 21.8. The smallest absolute Gasteiger partial charge is 0.240 e. The standard InChI is InChI=1S/C22H26BrClN4OS.C21H24BrClN4OS/c1-30-13-19(25)22(29)28-8-6-27(7-9-28)21-18-5-4-17(24)11-14(18)2-3-15-10-16(23)12-26-20(15)21;22-15-9-14-2-1-13-10-16(23)3-4-17(13)20(19(14)25-11-15)26-5-7-27(8-6-26)21(28)18(24)12-29/h4-5,10-12,19,21H,2-3,6-9,13,25H2,1H3;3-4,9-11,18,20,29H,1-2,5-8,12,24H2/t19-,21?;18-,20?/m00/s1. The van der Waals surface area contributed by atoms with Crippen LogP contribution in [-0.4, -0.2) is 124 Å². The third-order valence-corrected chi connectivity index (χ3v) is 14.2. The van der Waals surface area contributed by atoms with Crippen LogP contribution in [0, 0.1) is 0 Å². The van der Waals surface area contributed by atoms with Crippen molar-refractivity contribution in [1.82, 2.24) is 29.6 Å². The SMILES string of the molecule is CSC[C@H](N)C(=O)N1CCN(C2c3ccc(Cl)cc3CCc3cc(Br)cnc32)CC1.N[C@@H](CS)C(=O)N1CCN(C2c3ccc(Cl)cc3CCc3cc(Br)cnc32)CC1. The highest BCUT2D eigenvalue weighted by molar-refractivity contribution is 9.10. The van der Waals surface area contributed by atoms with Crippen LogP contribution in [0.3, 0.4) is 0 Å². The maximum absolute atomic E-state index is 12.6. The fourth-order valence-corrected chi connectivity index (χ4v) is 10.6. The molecule has 0 saturated carbocycles. The summed E-state index contributed by atoms with van der Waals surface area (Å²) < 4.78 is 2.00. The molecule has 2 aliphatic heterocycles. The summed E-state index contributed by atoms with van der Waals surface area (Å²) in [6, 6.07) is 15.9. The number of amides is 2. The number of aryl methyl sites for hydroxylation is 4. The average molecular weight is 1010 g/mol. The number of nitrogens with two attached hydrogens (primary N) is 2. The van der Waals surface area contributed by atoms with E-state index in [4.69, 9.17) is 44.6 Å². The molecule has 2 fully saturated rings. The predicted octanol–water partition coefficient (Wildman–Crippen LogP) is 6.61. The molecule has 2 saturated heterocycles. The summed E-state index contributed by atoms with van der Waals surface area (Å²) in [4.78, 5) is 43.4. The summed E-state index contributed by atoms with van der Waals surface area (Å²) in [5, 5.41) is 1.53. The number of halogens is 4. The number of pyridine rings is 2. The van der Waals surface area contributed by atoms with Gasteiger partial charge in [-0.1, -0.05) is 35.3 Å². The average Bonchev–Trinajstić information content (AvgIpc) is 3.50. The van der Waals surface area contributed by atoms with Crippen molar-refractivity contribution in [2.75, 3.05) is 70.1 Å². The normalized spacial score (nSPS) is 20.4. The van der Waals surface area contributed by atoms with Crippen molar-refractivity contribution in [3.05, 3.63) is 125 Å². The zero-order valence-corrected chi connectivity index (χ0v) is 39.4. The zero-order chi connectivity index (χ0) is 41.8. The fourth-order valence-electron chi connectivity index (χ4n) is 8.76. The van der Waals surface area contributed by atoms with E-state index in [9.17, 15) is 9.59 Å². The van der Waals surface area contributed by atoms with E-state index in [2.05, 4.69) is 90.7 Å². The predicted molar refractivity (Wildman–Crippen MR) is 250 cm³/mol. The van der Waals surface area contributed by atoms with Crippen molar-refractivity contribution in [3.8, 4) is 0 Å². The number of aromatic nitrogens is 2. The number of thioether (sulfide) groups is 1. The van der Waals surface area contributed by atoms with Crippen LogP contribution in [0.5, 0.6) is 0 Å². The van der Waals surface area contributed by atoms with E-state index in [0.717, 1.165) is 82.2 Å². The van der Waals surface area contributed by atoms with Gasteiger partial charge in [0, 0.05) is 95.2 Å². The lowest BCUT2D eigenvalue weighted by atomic mass is 9.96. The summed E-state index contributed by atoms with van der Waals surface area (Å²) in [6.45, 7) is 5.82. The number of carbonyl (C=O) groups excluding carboxylic acids is 2. The molecule has 0 radical (unpaired) electrons. The van der Waals surface area contributed by atoms with Crippen LogP contribution in [0.25, 0.3) is 0 Å². The monoisotopic (exact) mass is 1000 g/mol. The molecule has 0 spiro atoms. The lowest BCUT2D eigenvalue weighted by molar-refractivity contribution is -0.134. The van der Waals surface area contributed by atoms with Gasteiger partial charge >= 0.3 is 0 Å². The summed E-state index contributed by atoms with van der Waals surface area (Å²) in [5.74, 6) is 1.05. The van der Waals surface area contributed by atoms with Crippen LogP contribution in [0.1, 0.15) is 56.9 Å². The molecule has 2 aromatic heterocycles. The van der Waals surface area contributed by atoms with E-state index in [1.807, 2.05) is 40.6 Å². The number of piperazine rings is 2. The number of nitrogens with zero attached hydrogens (tertiary/aromatic N) is 6. The molecule has 4 N–H and O–H groups in total. The van der Waals surface area contributed by atoms with Crippen LogP contribution in [0.4, 0.5) is 0 Å². The van der Waals surface area contributed by atoms with Crippen molar-refractivity contribution >= 4 is 91.3 Å². The molecule has 2 aromatic carbocycles. The zero-order valence-electron chi connectivity index (χ0n) is 33.0. The van der Waals surface area contributed by atoms with Gasteiger partial charge in [0.15, 0.2) is 0 Å². The van der Waals surface area contributed by atoms with Crippen LogP contribution < -0.4 is 11.5 Å². The molecular formula is C43H50Br2Cl2N8O2S2. The molecule has 10 nitrogen and oxygen atoms in total. The third-order valence-electron chi connectivity index (χ3n) is 11.7. The highest BCUT2D eigenvalue weighted by atomic mass is 79.9. The highest BCUT2D eigenvalue weighted by Gasteiger charge is 2.36. The lowest BCUT2D eigenvalue weighted by Gasteiger charge is -2.40. The Morgan fingerprint density at radius 2 is 1.10 bits per heavy atom. The highest BCUT2D eigenvalue weighted by Crippen LogP contribution is 2.39. The van der Waals surface area contributed by atoms with Crippen LogP contribution in [-0.2, 0) is 35.3 Å². The first-order valence-electron chi connectivity index (χ1n) is 20.0. The lowest BCUT2D eigenvalue weighted by Crippen LogP contribution is -2.54. The van der Waals surface area contributed by atoms with Crippen LogP contribution in [0.2, 0.25) is 10.0 Å². The summed E-state index contributed by atoms with van der Waals surface area (Å²) in [7, 11) is 0. The molecular weight excluding hydrogens is 955 g/mol. The van der Waals surface area contributed by atoms with E-state index < -0.39 is 12.1 Å². The molecule has 4 aromatic rings. The molecule has 16 heteroatoms. The molecule has 8 rings (SSSR count). The molecule has 314 valence electrons. The van der Waals surface area contributed by atoms with Crippen molar-refractivity contribution in [3.63, 3.8) is 0 Å². The number of rotatable bonds is 7. The van der Waals surface area contributed by atoms with E-state index in [1.165, 1.54) is 33.4 Å². The second kappa shape index (κ2) is 20.3. The molecule has 4 atom stereocenters. The minimum atomic E-state index is -0.537. The van der Waals surface area contributed by atoms with Gasteiger partial charge in [-0.15, -0.1) is 0 Å². The molecule has 0 bridgehead atoms. The first-order chi connectivity index (χ1) is 28.4. The Kier molecular flexibility index (Phi) is 15.4. The van der Waals surface area contributed by atoms with E-state index in [1.54, 1.807) is 11.8 Å². The first kappa shape index (κ1) is 44.8. The Bertz CT molecular complexity index is 2050. The fraction of sp³-hybridized carbons (Fsp3) is 0.442. The topological polar surface area (TPSA) is 125 Å². The number of hydrogen-bond acceptors (Lipinski definition) is 10. The van der Waals surface area contributed by atoms with Gasteiger partial charge in [-0.3, -0.25) is 29.4 Å². The maximum Gasteiger partial charge on any atom is 0.240 e. The van der Waals surface area contributed by atoms with Gasteiger partial charge in [0.2, 0.25) is 11.8 Å². The Balaban J connectivity index is 0.000000179.